The van der Waals surface area contributed by atoms with Gasteiger partial charge in [-0.05, 0) is 104 Å². The number of nitrogens with one attached hydrogen (secondary N) is 2. The largest absolute Gasteiger partial charge is 0.481 e. The van der Waals surface area contributed by atoms with E-state index in [1.807, 2.05) is 37.3 Å². The summed E-state index contributed by atoms with van der Waals surface area (Å²) in [6, 6.07) is 13.8. The molecule has 19 heteroatoms. The van der Waals surface area contributed by atoms with Gasteiger partial charge in [-0.1, -0.05) is 64.0 Å². The first-order chi connectivity index (χ1) is 32.4. The summed E-state index contributed by atoms with van der Waals surface area (Å²) in [7, 11) is 0. The number of nitrogens with zero attached hydrogens (tertiary/aromatic N) is 5. The highest BCUT2D eigenvalue weighted by Gasteiger charge is 2.52. The summed E-state index contributed by atoms with van der Waals surface area (Å²) in [5.74, 6) is 7.58. The molecule has 2 aliphatic rings. The Hall–Kier alpha value is -6.30. The molecular formula is C50H56F3N7O7S2. The minimum atomic E-state index is -4.58. The average Bonchev–Trinajstić information content (AvgIpc) is 3.95. The summed E-state index contributed by atoms with van der Waals surface area (Å²) in [6.45, 7) is 13.6. The number of alkyl halides is 3. The molecule has 0 aliphatic carbocycles. The number of aryl methyl sites for hydroxylation is 1. The van der Waals surface area contributed by atoms with Gasteiger partial charge in [-0.2, -0.15) is 18.4 Å². The fraction of sp³-hybridized carbons (Fsp3) is 0.460. The molecule has 0 bridgehead atoms. The first kappa shape index (κ1) is 53.7. The monoisotopic (exact) mass is 987 g/mol. The van der Waals surface area contributed by atoms with E-state index in [9.17, 15) is 42.7 Å². The summed E-state index contributed by atoms with van der Waals surface area (Å²) in [5.41, 5.74) is 3.31. The Morgan fingerprint density at radius 2 is 1.71 bits per heavy atom. The fourth-order valence-corrected chi connectivity index (χ4v) is 9.24. The van der Waals surface area contributed by atoms with Crippen molar-refractivity contribution in [1.82, 2.24) is 25.4 Å². The number of aliphatic hydroxyl groups excluding tert-OH is 1. The molecule has 6 atom stereocenters. The third kappa shape index (κ3) is 13.7. The lowest BCUT2D eigenvalue weighted by Gasteiger charge is -2.35. The van der Waals surface area contributed by atoms with Crippen molar-refractivity contribution in [2.24, 2.45) is 17.3 Å². The van der Waals surface area contributed by atoms with Gasteiger partial charge in [0.2, 0.25) is 17.7 Å². The van der Waals surface area contributed by atoms with E-state index in [1.165, 1.54) is 9.80 Å². The van der Waals surface area contributed by atoms with Gasteiger partial charge in [-0.25, -0.2) is 4.98 Å². The molecular weight excluding hydrogens is 932 g/mol. The van der Waals surface area contributed by atoms with Crippen LogP contribution < -0.4 is 20.3 Å². The Labute approximate surface area is 410 Å². The first-order valence-electron chi connectivity index (χ1n) is 22.1. The Morgan fingerprint density at radius 3 is 2.30 bits per heavy atom. The van der Waals surface area contributed by atoms with Crippen LogP contribution in [0.25, 0.3) is 10.4 Å². The van der Waals surface area contributed by atoms with Crippen molar-refractivity contribution in [1.29, 1.82) is 5.26 Å². The molecule has 0 spiro atoms. The summed E-state index contributed by atoms with van der Waals surface area (Å²) in [4.78, 5) is 63.7. The van der Waals surface area contributed by atoms with Crippen LogP contribution in [0.1, 0.15) is 66.1 Å². The normalized spacial score (nSPS) is 18.6. The number of thiocarbonyl (C=S) groups is 1. The standard InChI is InChI=1S/C50H56F3N7O7S2/c1-31(36(26-54)21-22-50(51,52)53)33(3)59-46(65)49(7,8)60(47(59)68)37-17-19-39(20-18-37)67-24-12-10-9-11-23-66-29-41(62)57-43(48(4,5)6)45(64)58-28-38(61)25-40(58)44(63)55-27-34-13-15-35(16-14-34)42-32(2)56-30-69-42/h13-22,30-31,33,36,38,40,43,61H,23-25,27-29H2,1-8H3,(H,55,63)(H,57,62)/t31-,33-,36?,38-,40+,43-/m1/s1. The molecule has 4 amide bonds. The van der Waals surface area contributed by atoms with Crippen LogP contribution >= 0.6 is 23.6 Å². The Kier molecular flexibility index (Phi) is 17.8. The number of hydrogen-bond acceptors (Lipinski definition) is 11. The number of aromatic nitrogens is 1. The van der Waals surface area contributed by atoms with Crippen LogP contribution in [0.5, 0.6) is 5.75 Å². The van der Waals surface area contributed by atoms with Crippen molar-refractivity contribution < 1.29 is 46.9 Å². The highest BCUT2D eigenvalue weighted by molar-refractivity contribution is 7.80. The van der Waals surface area contributed by atoms with Gasteiger partial charge in [0.1, 0.15) is 43.2 Å². The molecule has 2 aliphatic heterocycles. The van der Waals surface area contributed by atoms with E-state index in [1.54, 1.807) is 94.5 Å². The minimum absolute atomic E-state index is 0.0175. The zero-order chi connectivity index (χ0) is 50.8. The Bertz CT molecular complexity index is 2560. The molecule has 2 saturated heterocycles. The van der Waals surface area contributed by atoms with Crippen molar-refractivity contribution in [3.05, 3.63) is 77.5 Å². The molecule has 2 fully saturated rings. The van der Waals surface area contributed by atoms with Gasteiger partial charge in [0.25, 0.3) is 5.91 Å². The van der Waals surface area contributed by atoms with Crippen molar-refractivity contribution in [2.75, 3.05) is 31.3 Å². The van der Waals surface area contributed by atoms with Gasteiger partial charge < -0.3 is 35.0 Å². The van der Waals surface area contributed by atoms with Crippen molar-refractivity contribution in [3.8, 4) is 45.9 Å². The van der Waals surface area contributed by atoms with E-state index >= 15 is 0 Å². The highest BCUT2D eigenvalue weighted by atomic mass is 32.1. The second kappa shape index (κ2) is 22.9. The summed E-state index contributed by atoms with van der Waals surface area (Å²) in [6.07, 6.45) is -4.60. The number of anilines is 1. The summed E-state index contributed by atoms with van der Waals surface area (Å²) in [5, 5.41) is 25.9. The van der Waals surface area contributed by atoms with Gasteiger partial charge in [0.05, 0.1) is 34.2 Å². The number of β-amino-alcohol motifs (C(OH)–C–C–N with tert-alkyl or cyclic N) is 1. The number of amides is 4. The van der Waals surface area contributed by atoms with E-state index in [-0.39, 0.29) is 49.8 Å². The SMILES string of the molecule is Cc1ncsc1-c1ccc(CNC(=O)[C@@H]2C[C@@H](O)CN2C(=O)[C@@H](NC(=O)COCC#CC#CCOc2ccc(N3C(=S)N([C@H](C)[C@@H](C)C(C#N)C=CC(F)(F)F)C(=O)C3(C)C)cc2)C(C)(C)C)cc1. The molecule has 3 aromatic rings. The molecule has 3 N–H and O–H groups in total. The van der Waals surface area contributed by atoms with Gasteiger partial charge in [-0.15, -0.1) is 11.3 Å². The van der Waals surface area contributed by atoms with E-state index in [2.05, 4.69) is 39.3 Å². The van der Waals surface area contributed by atoms with Crippen LogP contribution in [0, 0.1) is 59.2 Å². The zero-order valence-electron chi connectivity index (χ0n) is 39.6. The Balaban J connectivity index is 1.07. The van der Waals surface area contributed by atoms with E-state index in [4.69, 9.17) is 21.7 Å². The van der Waals surface area contributed by atoms with Crippen LogP contribution in [0.4, 0.5) is 18.9 Å². The lowest BCUT2D eigenvalue weighted by Crippen LogP contribution is -2.58. The Morgan fingerprint density at radius 1 is 1.06 bits per heavy atom. The minimum Gasteiger partial charge on any atom is -0.481 e. The van der Waals surface area contributed by atoms with Crippen LogP contribution in [-0.4, -0.2) is 111 Å². The fourth-order valence-electron chi connectivity index (χ4n) is 7.85. The van der Waals surface area contributed by atoms with Crippen LogP contribution in [0.2, 0.25) is 0 Å². The highest BCUT2D eigenvalue weighted by Crippen LogP contribution is 2.38. The molecule has 2 aromatic carbocycles. The molecule has 0 radical (unpaired) electrons. The molecule has 14 nitrogen and oxygen atoms in total. The number of carbonyl (C=O) groups is 4. The molecule has 1 unspecified atom stereocenters. The maximum atomic E-state index is 13.9. The summed E-state index contributed by atoms with van der Waals surface area (Å²) >= 11 is 7.27. The van der Waals surface area contributed by atoms with Gasteiger partial charge >= 0.3 is 6.18 Å². The number of carbonyl (C=O) groups excluding carboxylic acids is 4. The molecule has 0 saturated carbocycles. The first-order valence-corrected chi connectivity index (χ1v) is 23.4. The second-order valence-electron chi connectivity index (χ2n) is 18.3. The van der Waals surface area contributed by atoms with Gasteiger partial charge in [0.15, 0.2) is 5.11 Å². The van der Waals surface area contributed by atoms with Crippen LogP contribution in [0.15, 0.2) is 66.2 Å². The zero-order valence-corrected chi connectivity index (χ0v) is 41.3. The summed E-state index contributed by atoms with van der Waals surface area (Å²) < 4.78 is 49.6. The second-order valence-corrected chi connectivity index (χ2v) is 19.6. The predicted molar refractivity (Wildman–Crippen MR) is 259 cm³/mol. The molecule has 5 rings (SSSR count). The lowest BCUT2D eigenvalue weighted by atomic mass is 9.85. The smallest absolute Gasteiger partial charge is 0.409 e. The van der Waals surface area contributed by atoms with Crippen LogP contribution in [-0.2, 0) is 30.5 Å². The number of aliphatic hydroxyl groups is 1. The van der Waals surface area contributed by atoms with Gasteiger partial charge in [0, 0.05) is 37.3 Å². The number of halogens is 3. The molecule has 69 heavy (non-hydrogen) atoms. The predicted octanol–water partition coefficient (Wildman–Crippen LogP) is 6.32. The number of likely N-dealkylation sites (tertiary alicyclic amines) is 1. The molecule has 366 valence electrons. The van der Waals surface area contributed by atoms with E-state index < -0.39 is 77.5 Å². The quantitative estimate of drug-likeness (QED) is 0.0634. The number of benzene rings is 2. The molecule has 3 heterocycles. The van der Waals surface area contributed by atoms with Crippen LogP contribution in [0.3, 0.4) is 0 Å². The van der Waals surface area contributed by atoms with E-state index in [0.717, 1.165) is 27.8 Å². The number of ether oxygens (including phenoxy) is 2. The number of thiazole rings is 1. The van der Waals surface area contributed by atoms with E-state index in [0.29, 0.717) is 11.4 Å². The third-order valence-electron chi connectivity index (χ3n) is 11.8. The van der Waals surface area contributed by atoms with Crippen molar-refractivity contribution >= 4 is 58.0 Å². The van der Waals surface area contributed by atoms with Crippen molar-refractivity contribution in [2.45, 2.75) is 104 Å². The number of nitriles is 1. The average molecular weight is 988 g/mol. The molecule has 1 aromatic heterocycles. The number of allylic oxidation sites excluding steroid dienone is 2. The maximum absolute atomic E-state index is 13.9. The van der Waals surface area contributed by atoms with Crippen molar-refractivity contribution in [3.63, 3.8) is 0 Å². The number of hydrogen-bond donors (Lipinski definition) is 3. The van der Waals surface area contributed by atoms with Gasteiger partial charge in [-0.3, -0.25) is 24.1 Å². The maximum Gasteiger partial charge on any atom is 0.409 e. The third-order valence-corrected chi connectivity index (χ3v) is 13.2. The number of rotatable bonds is 16. The lowest BCUT2D eigenvalue weighted by molar-refractivity contribution is -0.144. The topological polar surface area (TPSA) is 177 Å².